The SMILES string of the molecule is CN(C)c1ccc(-c2cc([N+](=O)[O-])cc(N)n2)cc1. The first-order chi connectivity index (χ1) is 8.97. The van der Waals surface area contributed by atoms with Crippen molar-refractivity contribution in [1.82, 2.24) is 4.98 Å². The Morgan fingerprint density at radius 1 is 1.21 bits per heavy atom. The molecule has 6 heteroatoms. The molecule has 0 atom stereocenters. The molecule has 0 fully saturated rings. The number of nitrogens with two attached hydrogens (primary N) is 1. The highest BCUT2D eigenvalue weighted by atomic mass is 16.6. The molecule has 2 rings (SSSR count). The third-order valence-electron chi connectivity index (χ3n) is 2.72. The summed E-state index contributed by atoms with van der Waals surface area (Å²) in [5, 5.41) is 10.8. The molecule has 0 amide bonds. The first kappa shape index (κ1) is 12.8. The van der Waals surface area contributed by atoms with Crippen LogP contribution in [0.1, 0.15) is 0 Å². The van der Waals surface area contributed by atoms with Gasteiger partial charge in [-0.2, -0.15) is 0 Å². The molecule has 0 aliphatic carbocycles. The van der Waals surface area contributed by atoms with E-state index in [4.69, 9.17) is 5.73 Å². The molecule has 6 nitrogen and oxygen atoms in total. The van der Waals surface area contributed by atoms with Crippen LogP contribution in [-0.4, -0.2) is 24.0 Å². The molecule has 0 aliphatic rings. The Morgan fingerprint density at radius 3 is 2.37 bits per heavy atom. The minimum atomic E-state index is -0.476. The number of benzene rings is 1. The molecule has 1 aromatic carbocycles. The lowest BCUT2D eigenvalue weighted by atomic mass is 10.1. The summed E-state index contributed by atoms with van der Waals surface area (Å²) in [5.74, 6) is 0.140. The van der Waals surface area contributed by atoms with Gasteiger partial charge in [0.05, 0.1) is 16.7 Å². The second-order valence-corrected chi connectivity index (χ2v) is 4.33. The third kappa shape index (κ3) is 2.79. The molecule has 0 radical (unpaired) electrons. The van der Waals surface area contributed by atoms with E-state index in [0.717, 1.165) is 11.3 Å². The topological polar surface area (TPSA) is 85.3 Å². The molecule has 0 bridgehead atoms. The van der Waals surface area contributed by atoms with Crippen LogP contribution < -0.4 is 10.6 Å². The molecular formula is C13H14N4O2. The van der Waals surface area contributed by atoms with Crippen molar-refractivity contribution in [3.05, 3.63) is 46.5 Å². The minimum Gasteiger partial charge on any atom is -0.383 e. The molecule has 19 heavy (non-hydrogen) atoms. The monoisotopic (exact) mass is 258 g/mol. The molecule has 2 aromatic rings. The van der Waals surface area contributed by atoms with Crippen molar-refractivity contribution in [3.8, 4) is 11.3 Å². The Bertz CT molecular complexity index is 609. The number of nitrogens with zero attached hydrogens (tertiary/aromatic N) is 3. The van der Waals surface area contributed by atoms with Crippen LogP contribution >= 0.6 is 0 Å². The van der Waals surface area contributed by atoms with E-state index in [-0.39, 0.29) is 11.5 Å². The van der Waals surface area contributed by atoms with Crippen LogP contribution in [0.15, 0.2) is 36.4 Å². The molecule has 1 heterocycles. The zero-order valence-electron chi connectivity index (χ0n) is 10.7. The second kappa shape index (κ2) is 4.93. The smallest absolute Gasteiger partial charge is 0.275 e. The van der Waals surface area contributed by atoms with Gasteiger partial charge in [0.1, 0.15) is 5.82 Å². The number of hydrogen-bond acceptors (Lipinski definition) is 5. The average molecular weight is 258 g/mol. The van der Waals surface area contributed by atoms with E-state index in [1.807, 2.05) is 43.3 Å². The molecule has 0 aliphatic heterocycles. The van der Waals surface area contributed by atoms with Gasteiger partial charge in [0, 0.05) is 31.4 Å². The zero-order chi connectivity index (χ0) is 14.0. The number of nitro groups is 1. The Kier molecular flexibility index (Phi) is 3.33. The maximum absolute atomic E-state index is 10.8. The maximum Gasteiger partial charge on any atom is 0.275 e. The van der Waals surface area contributed by atoms with Gasteiger partial charge < -0.3 is 10.6 Å². The van der Waals surface area contributed by atoms with Crippen molar-refractivity contribution in [2.75, 3.05) is 24.7 Å². The second-order valence-electron chi connectivity index (χ2n) is 4.33. The predicted molar refractivity (Wildman–Crippen MR) is 75.1 cm³/mol. The van der Waals surface area contributed by atoms with Crippen LogP contribution in [0.2, 0.25) is 0 Å². The Labute approximate surface area is 110 Å². The fraction of sp³-hybridized carbons (Fsp3) is 0.154. The van der Waals surface area contributed by atoms with Gasteiger partial charge in [0.15, 0.2) is 0 Å². The number of nitrogen functional groups attached to an aromatic ring is 1. The number of pyridine rings is 1. The van der Waals surface area contributed by atoms with Crippen molar-refractivity contribution >= 4 is 17.2 Å². The van der Waals surface area contributed by atoms with E-state index < -0.39 is 4.92 Å². The summed E-state index contributed by atoms with van der Waals surface area (Å²) in [4.78, 5) is 16.4. The van der Waals surface area contributed by atoms with Crippen molar-refractivity contribution in [1.29, 1.82) is 0 Å². The molecule has 0 saturated carbocycles. The first-order valence-corrected chi connectivity index (χ1v) is 5.67. The van der Waals surface area contributed by atoms with Crippen LogP contribution in [0.5, 0.6) is 0 Å². The van der Waals surface area contributed by atoms with Crippen LogP contribution in [0, 0.1) is 10.1 Å². The van der Waals surface area contributed by atoms with E-state index in [0.29, 0.717) is 5.69 Å². The van der Waals surface area contributed by atoms with E-state index in [2.05, 4.69) is 4.98 Å². The van der Waals surface area contributed by atoms with Gasteiger partial charge in [-0.25, -0.2) is 4.98 Å². The van der Waals surface area contributed by atoms with Crippen LogP contribution in [0.25, 0.3) is 11.3 Å². The molecule has 2 N–H and O–H groups in total. The highest BCUT2D eigenvalue weighted by Crippen LogP contribution is 2.25. The molecule has 0 spiro atoms. The highest BCUT2D eigenvalue weighted by Gasteiger charge is 2.11. The summed E-state index contributed by atoms with van der Waals surface area (Å²) >= 11 is 0. The van der Waals surface area contributed by atoms with Crippen LogP contribution in [-0.2, 0) is 0 Å². The quantitative estimate of drug-likeness (QED) is 0.674. The fourth-order valence-corrected chi connectivity index (χ4v) is 1.72. The van der Waals surface area contributed by atoms with Gasteiger partial charge in [0.2, 0.25) is 0 Å². The summed E-state index contributed by atoms with van der Waals surface area (Å²) < 4.78 is 0. The zero-order valence-corrected chi connectivity index (χ0v) is 10.7. The van der Waals surface area contributed by atoms with Crippen LogP contribution in [0.3, 0.4) is 0 Å². The van der Waals surface area contributed by atoms with Crippen molar-refractivity contribution in [3.63, 3.8) is 0 Å². The lowest BCUT2D eigenvalue weighted by molar-refractivity contribution is -0.384. The average Bonchev–Trinajstić information content (AvgIpc) is 2.38. The normalized spacial score (nSPS) is 10.2. The number of hydrogen-bond donors (Lipinski definition) is 1. The largest absolute Gasteiger partial charge is 0.383 e. The first-order valence-electron chi connectivity index (χ1n) is 5.67. The molecule has 0 unspecified atom stereocenters. The van der Waals surface area contributed by atoms with E-state index in [9.17, 15) is 10.1 Å². The van der Waals surface area contributed by atoms with E-state index in [1.165, 1.54) is 12.1 Å². The van der Waals surface area contributed by atoms with Gasteiger partial charge in [0.25, 0.3) is 5.69 Å². The Hall–Kier alpha value is -2.63. The number of aromatic nitrogens is 1. The lowest BCUT2D eigenvalue weighted by Gasteiger charge is -2.12. The van der Waals surface area contributed by atoms with Gasteiger partial charge in [-0.05, 0) is 12.1 Å². The minimum absolute atomic E-state index is 0.0563. The number of rotatable bonds is 3. The third-order valence-corrected chi connectivity index (χ3v) is 2.72. The van der Waals surface area contributed by atoms with Crippen molar-refractivity contribution in [2.45, 2.75) is 0 Å². The van der Waals surface area contributed by atoms with E-state index in [1.54, 1.807) is 0 Å². The van der Waals surface area contributed by atoms with E-state index >= 15 is 0 Å². The van der Waals surface area contributed by atoms with Gasteiger partial charge >= 0.3 is 0 Å². The highest BCUT2D eigenvalue weighted by molar-refractivity contribution is 5.67. The van der Waals surface area contributed by atoms with Crippen molar-refractivity contribution < 1.29 is 4.92 Å². The number of anilines is 2. The molecule has 98 valence electrons. The predicted octanol–water partition coefficient (Wildman–Crippen LogP) is 2.30. The molecule has 0 saturated heterocycles. The molecular weight excluding hydrogens is 244 g/mol. The summed E-state index contributed by atoms with van der Waals surface area (Å²) in [5.41, 5.74) is 7.87. The summed E-state index contributed by atoms with van der Waals surface area (Å²) in [6, 6.07) is 10.2. The van der Waals surface area contributed by atoms with Gasteiger partial charge in [-0.3, -0.25) is 10.1 Å². The van der Waals surface area contributed by atoms with Crippen LogP contribution in [0.4, 0.5) is 17.2 Å². The van der Waals surface area contributed by atoms with Gasteiger partial charge in [-0.1, -0.05) is 12.1 Å². The summed E-state index contributed by atoms with van der Waals surface area (Å²) in [6.45, 7) is 0. The lowest BCUT2D eigenvalue weighted by Crippen LogP contribution is -2.08. The fourth-order valence-electron chi connectivity index (χ4n) is 1.72. The summed E-state index contributed by atoms with van der Waals surface area (Å²) in [6.07, 6.45) is 0. The van der Waals surface area contributed by atoms with Gasteiger partial charge in [-0.15, -0.1) is 0 Å². The summed E-state index contributed by atoms with van der Waals surface area (Å²) in [7, 11) is 3.89. The Balaban J connectivity index is 2.43. The standard InChI is InChI=1S/C13H14N4O2/c1-16(2)10-5-3-9(4-6-10)12-7-11(17(18)19)8-13(14)15-12/h3-8H,1-2H3,(H2,14,15). The Morgan fingerprint density at radius 2 is 1.84 bits per heavy atom. The maximum atomic E-state index is 10.8. The van der Waals surface area contributed by atoms with Crippen molar-refractivity contribution in [2.24, 2.45) is 0 Å². The molecule has 1 aromatic heterocycles.